The lowest BCUT2D eigenvalue weighted by molar-refractivity contribution is 0.0890. The summed E-state index contributed by atoms with van der Waals surface area (Å²) < 4.78 is 0. The number of anilines is 1. The van der Waals surface area contributed by atoms with Crippen molar-refractivity contribution in [2.75, 3.05) is 17.2 Å². The highest BCUT2D eigenvalue weighted by Crippen LogP contribution is 2.32. The molecule has 19 heavy (non-hydrogen) atoms. The molecule has 6 heteroatoms. The van der Waals surface area contributed by atoms with Gasteiger partial charge in [-0.2, -0.15) is 11.8 Å². The van der Waals surface area contributed by atoms with Gasteiger partial charge in [0.05, 0.1) is 5.56 Å². The van der Waals surface area contributed by atoms with Gasteiger partial charge in [0, 0.05) is 17.7 Å². The van der Waals surface area contributed by atoms with E-state index in [0.29, 0.717) is 5.92 Å². The van der Waals surface area contributed by atoms with Gasteiger partial charge in [0.25, 0.3) is 5.24 Å². The van der Waals surface area contributed by atoms with E-state index in [1.54, 1.807) is 0 Å². The van der Waals surface area contributed by atoms with E-state index in [1.165, 1.54) is 12.3 Å². The van der Waals surface area contributed by atoms with Crippen LogP contribution < -0.4 is 5.73 Å². The summed E-state index contributed by atoms with van der Waals surface area (Å²) in [6.45, 7) is 1.90. The van der Waals surface area contributed by atoms with Gasteiger partial charge >= 0.3 is 0 Å². The van der Waals surface area contributed by atoms with E-state index in [0.717, 1.165) is 17.9 Å². The molecular weight excluding hydrogens is 284 g/mol. The summed E-state index contributed by atoms with van der Waals surface area (Å²) in [4.78, 5) is 27.7. The van der Waals surface area contributed by atoms with Crippen molar-refractivity contribution in [3.05, 3.63) is 23.4 Å². The number of hydrogen-bond acceptors (Lipinski definition) is 5. The highest BCUT2D eigenvalue weighted by Gasteiger charge is 2.30. The van der Waals surface area contributed by atoms with Crippen LogP contribution in [0.25, 0.3) is 0 Å². The smallest absolute Gasteiger partial charge is 0.256 e. The summed E-state index contributed by atoms with van der Waals surface area (Å²) in [6.07, 6.45) is 2.46. The van der Waals surface area contributed by atoms with Gasteiger partial charge < -0.3 is 5.73 Å². The van der Waals surface area contributed by atoms with Crippen molar-refractivity contribution < 1.29 is 9.59 Å². The largest absolute Gasteiger partial charge is 0.383 e. The Bertz CT molecular complexity index is 515. The summed E-state index contributed by atoms with van der Waals surface area (Å²) in [5.74, 6) is 2.22. The number of thioether (sulfide) groups is 1. The Hall–Kier alpha value is -1.07. The number of carbonyl (C=O) groups is 2. The third kappa shape index (κ3) is 2.92. The van der Waals surface area contributed by atoms with Crippen molar-refractivity contribution >= 4 is 40.2 Å². The van der Waals surface area contributed by atoms with Crippen molar-refractivity contribution in [2.45, 2.75) is 13.3 Å². The minimum atomic E-state index is -0.734. The van der Waals surface area contributed by atoms with Gasteiger partial charge in [-0.15, -0.1) is 0 Å². The molecule has 4 nitrogen and oxygen atoms in total. The molecule has 0 bridgehead atoms. The molecule has 2 rings (SSSR count). The fourth-order valence-corrected chi connectivity index (χ4v) is 3.89. The van der Waals surface area contributed by atoms with Crippen LogP contribution in [0.5, 0.6) is 0 Å². The SMILES string of the molecule is CC(C(=O)c1ccnc(N)c1C(=O)Cl)C1CCSC1. The molecule has 2 heterocycles. The predicted molar refractivity (Wildman–Crippen MR) is 77.8 cm³/mol. The average molecular weight is 299 g/mol. The Morgan fingerprint density at radius 3 is 2.89 bits per heavy atom. The van der Waals surface area contributed by atoms with Crippen LogP contribution in [0.1, 0.15) is 34.1 Å². The molecule has 1 aliphatic rings. The Balaban J connectivity index is 2.33. The second kappa shape index (κ2) is 5.92. The molecule has 0 radical (unpaired) electrons. The number of nitrogens with two attached hydrogens (primary N) is 1. The monoisotopic (exact) mass is 298 g/mol. The third-order valence-corrected chi connectivity index (χ3v) is 4.91. The van der Waals surface area contributed by atoms with Gasteiger partial charge in [0.15, 0.2) is 5.78 Å². The number of hydrogen-bond donors (Lipinski definition) is 1. The van der Waals surface area contributed by atoms with E-state index >= 15 is 0 Å². The molecule has 1 saturated heterocycles. The predicted octanol–water partition coefficient (Wildman–Crippen LogP) is 2.61. The number of ketones is 1. The van der Waals surface area contributed by atoms with Gasteiger partial charge in [0.1, 0.15) is 5.82 Å². The molecule has 0 aromatic carbocycles. The Kier molecular flexibility index (Phi) is 4.47. The highest BCUT2D eigenvalue weighted by molar-refractivity contribution is 7.99. The average Bonchev–Trinajstić information content (AvgIpc) is 2.90. The number of aromatic nitrogens is 1. The van der Waals surface area contributed by atoms with Crippen LogP contribution in [-0.4, -0.2) is 27.5 Å². The minimum absolute atomic E-state index is 0.0128. The first-order valence-electron chi connectivity index (χ1n) is 6.08. The molecule has 0 saturated carbocycles. The summed E-state index contributed by atoms with van der Waals surface area (Å²) in [7, 11) is 0. The van der Waals surface area contributed by atoms with Gasteiger partial charge in [-0.25, -0.2) is 4.98 Å². The van der Waals surface area contributed by atoms with Crippen molar-refractivity contribution in [1.82, 2.24) is 4.98 Å². The minimum Gasteiger partial charge on any atom is -0.383 e. The first-order valence-corrected chi connectivity index (χ1v) is 7.62. The lowest BCUT2D eigenvalue weighted by Crippen LogP contribution is -2.23. The number of Topliss-reactive ketones (excluding diaryl/α,β-unsaturated/α-hetero) is 1. The molecule has 0 aliphatic carbocycles. The van der Waals surface area contributed by atoms with Gasteiger partial charge in [-0.1, -0.05) is 6.92 Å². The summed E-state index contributed by atoms with van der Waals surface area (Å²) in [5.41, 5.74) is 5.96. The quantitative estimate of drug-likeness (QED) is 0.683. The topological polar surface area (TPSA) is 73.1 Å². The number of nitrogen functional groups attached to an aromatic ring is 1. The molecule has 1 aromatic rings. The second-order valence-electron chi connectivity index (χ2n) is 4.67. The van der Waals surface area contributed by atoms with Crippen molar-refractivity contribution in [3.63, 3.8) is 0 Å². The lowest BCUT2D eigenvalue weighted by Gasteiger charge is -2.18. The maximum atomic E-state index is 12.5. The van der Waals surface area contributed by atoms with Crippen molar-refractivity contribution in [1.29, 1.82) is 0 Å². The number of pyridine rings is 1. The van der Waals surface area contributed by atoms with E-state index < -0.39 is 5.24 Å². The summed E-state index contributed by atoms with van der Waals surface area (Å²) in [5, 5.41) is -0.734. The molecule has 0 amide bonds. The first-order chi connectivity index (χ1) is 9.02. The van der Waals surface area contributed by atoms with Crippen molar-refractivity contribution in [3.8, 4) is 0 Å². The van der Waals surface area contributed by atoms with Crippen LogP contribution in [0.15, 0.2) is 12.3 Å². The van der Waals surface area contributed by atoms with E-state index in [1.807, 2.05) is 18.7 Å². The fraction of sp³-hybridized carbons (Fsp3) is 0.462. The number of halogens is 1. The van der Waals surface area contributed by atoms with Crippen LogP contribution in [0.4, 0.5) is 5.82 Å². The Morgan fingerprint density at radius 1 is 1.58 bits per heavy atom. The van der Waals surface area contributed by atoms with Crippen LogP contribution in [0.2, 0.25) is 0 Å². The van der Waals surface area contributed by atoms with Crippen LogP contribution in [-0.2, 0) is 0 Å². The molecule has 1 aromatic heterocycles. The van der Waals surface area contributed by atoms with Crippen LogP contribution in [0, 0.1) is 11.8 Å². The zero-order valence-electron chi connectivity index (χ0n) is 10.6. The Labute approximate surface area is 121 Å². The van der Waals surface area contributed by atoms with Gasteiger partial charge in [0.2, 0.25) is 0 Å². The summed E-state index contributed by atoms with van der Waals surface area (Å²) in [6, 6.07) is 1.52. The van der Waals surface area contributed by atoms with Crippen LogP contribution >= 0.6 is 23.4 Å². The maximum absolute atomic E-state index is 12.5. The third-order valence-electron chi connectivity index (χ3n) is 3.53. The van der Waals surface area contributed by atoms with Gasteiger partial charge in [-0.3, -0.25) is 9.59 Å². The van der Waals surface area contributed by atoms with Crippen molar-refractivity contribution in [2.24, 2.45) is 11.8 Å². The zero-order chi connectivity index (χ0) is 14.0. The van der Waals surface area contributed by atoms with E-state index in [9.17, 15) is 9.59 Å². The van der Waals surface area contributed by atoms with Crippen LogP contribution in [0.3, 0.4) is 0 Å². The van der Waals surface area contributed by atoms with E-state index in [-0.39, 0.29) is 28.6 Å². The van der Waals surface area contributed by atoms with E-state index in [4.69, 9.17) is 17.3 Å². The standard InChI is InChI=1S/C13H15ClN2O2S/c1-7(8-3-5-19-6-8)11(17)9-2-4-16-13(15)10(9)12(14)18/h2,4,7-8H,3,5-6H2,1H3,(H2,15,16). The fourth-order valence-electron chi connectivity index (χ4n) is 2.30. The molecule has 102 valence electrons. The molecule has 2 atom stereocenters. The number of carbonyl (C=O) groups excluding carboxylic acids is 2. The molecule has 0 spiro atoms. The normalized spacial score (nSPS) is 20.2. The molecule has 2 N–H and O–H groups in total. The van der Waals surface area contributed by atoms with Gasteiger partial charge in [-0.05, 0) is 41.5 Å². The first kappa shape index (κ1) is 14.3. The Morgan fingerprint density at radius 2 is 2.32 bits per heavy atom. The maximum Gasteiger partial charge on any atom is 0.256 e. The van der Waals surface area contributed by atoms with E-state index in [2.05, 4.69) is 4.98 Å². The second-order valence-corrected chi connectivity index (χ2v) is 6.16. The lowest BCUT2D eigenvalue weighted by atomic mass is 9.86. The molecule has 1 aliphatic heterocycles. The number of rotatable bonds is 4. The number of nitrogens with zero attached hydrogens (tertiary/aromatic N) is 1. The summed E-state index contributed by atoms with van der Waals surface area (Å²) >= 11 is 7.36. The molecule has 2 unspecified atom stereocenters. The molecule has 1 fully saturated rings. The molecular formula is C13H15ClN2O2S. The highest BCUT2D eigenvalue weighted by atomic mass is 35.5. The zero-order valence-corrected chi connectivity index (χ0v) is 12.1.